The molecule has 0 radical (unpaired) electrons. The van der Waals surface area contributed by atoms with Crippen LogP contribution in [0.5, 0.6) is 5.75 Å². The molecule has 2 spiro atoms. The summed E-state index contributed by atoms with van der Waals surface area (Å²) in [6.07, 6.45) is 3.44. The molecule has 1 aromatic carbocycles. The number of hydrogen-bond donors (Lipinski definition) is 2. The molecule has 3 aliphatic rings. The molecule has 1 amide bonds. The van der Waals surface area contributed by atoms with Crippen LogP contribution in [0.15, 0.2) is 35.5 Å². The molecule has 1 atom stereocenters. The van der Waals surface area contributed by atoms with Gasteiger partial charge in [0, 0.05) is 35.5 Å². The molecule has 5 rings (SSSR count). The van der Waals surface area contributed by atoms with Crippen molar-refractivity contribution in [1.29, 1.82) is 0 Å². The first-order valence-corrected chi connectivity index (χ1v) is 10.0. The van der Waals surface area contributed by atoms with Crippen molar-refractivity contribution in [3.05, 3.63) is 52.3 Å². The smallest absolute Gasteiger partial charge is 0.283 e. The first-order valence-electron chi connectivity index (χ1n) is 9.67. The number of nitrogens with two attached hydrogens (primary N) is 1. The average molecular weight is 429 g/mol. The SMILES string of the molecule is COCc1cc(Cl)cnc1C(=O)Nc1ccc2c(c1)C1(COC(N)=N1)C1(CC1)CO2. The second-order valence-electron chi connectivity index (χ2n) is 7.93. The largest absolute Gasteiger partial charge is 0.493 e. The molecule has 1 unspecified atom stereocenters. The van der Waals surface area contributed by atoms with Crippen LogP contribution in [0.25, 0.3) is 0 Å². The van der Waals surface area contributed by atoms with Crippen LogP contribution in [-0.4, -0.2) is 37.2 Å². The van der Waals surface area contributed by atoms with Crippen molar-refractivity contribution < 1.29 is 19.0 Å². The van der Waals surface area contributed by atoms with Crippen molar-refractivity contribution in [2.75, 3.05) is 25.6 Å². The highest BCUT2D eigenvalue weighted by Crippen LogP contribution is 2.65. The van der Waals surface area contributed by atoms with Gasteiger partial charge in [0.25, 0.3) is 11.9 Å². The normalized spacial score (nSPS) is 22.8. The Hall–Kier alpha value is -2.84. The number of benzene rings is 1. The van der Waals surface area contributed by atoms with Crippen molar-refractivity contribution in [2.24, 2.45) is 16.1 Å². The van der Waals surface area contributed by atoms with Crippen molar-refractivity contribution in [3.63, 3.8) is 0 Å². The van der Waals surface area contributed by atoms with Crippen LogP contribution < -0.4 is 15.8 Å². The van der Waals surface area contributed by atoms with Gasteiger partial charge in [-0.1, -0.05) is 11.6 Å². The van der Waals surface area contributed by atoms with Crippen LogP contribution >= 0.6 is 11.6 Å². The van der Waals surface area contributed by atoms with Crippen LogP contribution in [0.4, 0.5) is 5.69 Å². The maximum atomic E-state index is 12.9. The van der Waals surface area contributed by atoms with Crippen molar-refractivity contribution in [1.82, 2.24) is 4.98 Å². The zero-order valence-corrected chi connectivity index (χ0v) is 17.2. The lowest BCUT2D eigenvalue weighted by Gasteiger charge is -2.39. The molecule has 3 N–H and O–H groups in total. The summed E-state index contributed by atoms with van der Waals surface area (Å²) in [7, 11) is 1.55. The van der Waals surface area contributed by atoms with Gasteiger partial charge >= 0.3 is 0 Å². The molecule has 3 heterocycles. The Morgan fingerprint density at radius 1 is 1.30 bits per heavy atom. The van der Waals surface area contributed by atoms with Gasteiger partial charge < -0.3 is 25.3 Å². The van der Waals surface area contributed by atoms with E-state index in [9.17, 15) is 4.79 Å². The second kappa shape index (κ2) is 6.85. The van der Waals surface area contributed by atoms with Crippen LogP contribution in [0, 0.1) is 5.41 Å². The van der Waals surface area contributed by atoms with E-state index in [-0.39, 0.29) is 29.6 Å². The highest BCUT2D eigenvalue weighted by atomic mass is 35.5. The van der Waals surface area contributed by atoms with Gasteiger partial charge in [-0.25, -0.2) is 9.98 Å². The molecule has 30 heavy (non-hydrogen) atoms. The number of carbonyl (C=O) groups excluding carboxylic acids is 1. The van der Waals surface area contributed by atoms with Crippen LogP contribution in [-0.2, 0) is 21.6 Å². The number of fused-ring (bicyclic) bond motifs is 3. The number of amidine groups is 1. The van der Waals surface area contributed by atoms with Gasteiger partial charge in [0.2, 0.25) is 0 Å². The minimum absolute atomic E-state index is 0.104. The first-order chi connectivity index (χ1) is 14.5. The van der Waals surface area contributed by atoms with E-state index in [1.54, 1.807) is 19.2 Å². The van der Waals surface area contributed by atoms with Gasteiger partial charge in [0.05, 0.1) is 18.2 Å². The lowest BCUT2D eigenvalue weighted by atomic mass is 9.74. The summed E-state index contributed by atoms with van der Waals surface area (Å²) >= 11 is 6.01. The van der Waals surface area contributed by atoms with E-state index in [0.717, 1.165) is 24.2 Å². The van der Waals surface area contributed by atoms with E-state index >= 15 is 0 Å². The molecule has 1 aliphatic carbocycles. The third kappa shape index (κ3) is 2.90. The lowest BCUT2D eigenvalue weighted by molar-refractivity contribution is 0.0871. The number of ether oxygens (including phenoxy) is 3. The molecule has 2 aliphatic heterocycles. The van der Waals surface area contributed by atoms with Gasteiger partial charge in [-0.3, -0.25) is 4.79 Å². The van der Waals surface area contributed by atoms with Crippen molar-refractivity contribution in [2.45, 2.75) is 25.0 Å². The van der Waals surface area contributed by atoms with Gasteiger partial charge in [-0.15, -0.1) is 0 Å². The Bertz CT molecular complexity index is 1070. The fourth-order valence-electron chi connectivity index (χ4n) is 4.37. The maximum Gasteiger partial charge on any atom is 0.283 e. The molecular weight excluding hydrogens is 408 g/mol. The zero-order chi connectivity index (χ0) is 20.9. The fraction of sp³-hybridized carbons (Fsp3) is 0.381. The van der Waals surface area contributed by atoms with Crippen LogP contribution in [0.1, 0.15) is 34.5 Å². The Labute approximate surface area is 178 Å². The first kappa shape index (κ1) is 19.1. The number of hydrogen-bond acceptors (Lipinski definition) is 7. The topological polar surface area (TPSA) is 108 Å². The zero-order valence-electron chi connectivity index (χ0n) is 16.4. The molecule has 0 bridgehead atoms. The van der Waals surface area contributed by atoms with Gasteiger partial charge in [-0.05, 0) is 37.1 Å². The van der Waals surface area contributed by atoms with E-state index in [4.69, 9.17) is 36.5 Å². The number of rotatable bonds is 4. The van der Waals surface area contributed by atoms with Crippen LogP contribution in [0.2, 0.25) is 5.02 Å². The molecule has 8 nitrogen and oxygen atoms in total. The monoisotopic (exact) mass is 428 g/mol. The fourth-order valence-corrected chi connectivity index (χ4v) is 4.55. The molecule has 1 aromatic heterocycles. The minimum Gasteiger partial charge on any atom is -0.493 e. The van der Waals surface area contributed by atoms with Crippen molar-refractivity contribution in [3.8, 4) is 5.75 Å². The summed E-state index contributed by atoms with van der Waals surface area (Å²) in [6.45, 7) is 1.19. The number of aliphatic imine (C=N–C) groups is 1. The number of methoxy groups -OCH3 is 1. The van der Waals surface area contributed by atoms with E-state index in [1.807, 2.05) is 12.1 Å². The summed E-state index contributed by atoms with van der Waals surface area (Å²) in [5.41, 5.74) is 7.56. The Balaban J connectivity index is 1.49. The van der Waals surface area contributed by atoms with E-state index < -0.39 is 5.54 Å². The number of carbonyl (C=O) groups is 1. The second-order valence-corrected chi connectivity index (χ2v) is 8.36. The molecule has 1 saturated carbocycles. The number of pyridine rings is 1. The highest BCUT2D eigenvalue weighted by Gasteiger charge is 2.66. The summed E-state index contributed by atoms with van der Waals surface area (Å²) in [5.74, 6) is 0.383. The third-order valence-electron chi connectivity index (χ3n) is 6.10. The average Bonchev–Trinajstić information content (AvgIpc) is 3.41. The standard InChI is InChI=1S/C21H21ClN4O4/c1-28-9-12-6-13(22)8-24-17(12)18(27)25-14-2-3-16-15(7-14)21(11-30-19(23)26-21)20(4-5-20)10-29-16/h2-3,6-8H,4-5,9-11H2,1H3,(H2,23,26)(H,25,27). The molecule has 0 saturated heterocycles. The van der Waals surface area contributed by atoms with Gasteiger partial charge in [0.1, 0.15) is 23.6 Å². The minimum atomic E-state index is -0.578. The maximum absolute atomic E-state index is 12.9. The number of anilines is 1. The van der Waals surface area contributed by atoms with E-state index in [2.05, 4.69) is 10.3 Å². The van der Waals surface area contributed by atoms with Crippen LogP contribution in [0.3, 0.4) is 0 Å². The number of nitrogens with zero attached hydrogens (tertiary/aromatic N) is 2. The quantitative estimate of drug-likeness (QED) is 0.775. The molecule has 2 aromatic rings. The van der Waals surface area contributed by atoms with E-state index in [1.165, 1.54) is 6.20 Å². The van der Waals surface area contributed by atoms with Gasteiger partial charge in [-0.2, -0.15) is 0 Å². The molecular formula is C21H21ClN4O4. The Kier molecular flexibility index (Phi) is 4.37. The predicted octanol–water partition coefficient (Wildman–Crippen LogP) is 2.85. The number of amides is 1. The Morgan fingerprint density at radius 3 is 2.83 bits per heavy atom. The summed E-state index contributed by atoms with van der Waals surface area (Å²) in [5, 5.41) is 3.36. The number of halogens is 1. The summed E-state index contributed by atoms with van der Waals surface area (Å²) in [4.78, 5) is 21.8. The summed E-state index contributed by atoms with van der Waals surface area (Å²) in [6, 6.07) is 7.40. The van der Waals surface area contributed by atoms with Crippen molar-refractivity contribution >= 4 is 29.2 Å². The Morgan fingerprint density at radius 2 is 2.13 bits per heavy atom. The van der Waals surface area contributed by atoms with Gasteiger partial charge in [0.15, 0.2) is 0 Å². The summed E-state index contributed by atoms with van der Waals surface area (Å²) < 4.78 is 16.7. The highest BCUT2D eigenvalue weighted by molar-refractivity contribution is 6.30. The number of aromatic nitrogens is 1. The molecule has 156 valence electrons. The third-order valence-corrected chi connectivity index (χ3v) is 6.30. The lowest BCUT2D eigenvalue weighted by Crippen LogP contribution is -2.44. The predicted molar refractivity (Wildman–Crippen MR) is 111 cm³/mol. The number of nitrogens with one attached hydrogen (secondary N) is 1. The molecule has 1 fully saturated rings. The molecule has 9 heteroatoms. The van der Waals surface area contributed by atoms with E-state index in [0.29, 0.717) is 29.5 Å².